The van der Waals surface area contributed by atoms with E-state index in [1.54, 1.807) is 0 Å². The van der Waals surface area contributed by atoms with E-state index in [0.717, 1.165) is 16.9 Å². The van der Waals surface area contributed by atoms with Gasteiger partial charge in [0, 0.05) is 25.1 Å². The number of hydrogen-bond acceptors (Lipinski definition) is 4. The smallest absolute Gasteiger partial charge is 0.263 e. The molecular formula is C17H19N5O2. The lowest BCUT2D eigenvalue weighted by molar-refractivity contribution is 0.0952. The van der Waals surface area contributed by atoms with E-state index in [2.05, 4.69) is 25.3 Å². The summed E-state index contributed by atoms with van der Waals surface area (Å²) >= 11 is 0. The van der Waals surface area contributed by atoms with Gasteiger partial charge in [0.15, 0.2) is 0 Å². The third-order valence-electron chi connectivity index (χ3n) is 3.70. The second-order valence-corrected chi connectivity index (χ2v) is 5.87. The number of carbonyl (C=O) groups excluding carboxylic acids is 1. The number of nitrogens with one attached hydrogen (secondary N) is 3. The highest BCUT2D eigenvalue weighted by Gasteiger charge is 2.13. The minimum atomic E-state index is -0.435. The maximum Gasteiger partial charge on any atom is 0.263 e. The Bertz CT molecular complexity index is 893. The summed E-state index contributed by atoms with van der Waals surface area (Å²) in [6.45, 7) is 4.22. The van der Waals surface area contributed by atoms with Gasteiger partial charge in [-0.25, -0.2) is 9.97 Å². The second-order valence-electron chi connectivity index (χ2n) is 5.87. The molecule has 2 heterocycles. The molecule has 0 saturated heterocycles. The topological polar surface area (TPSA) is 104 Å². The summed E-state index contributed by atoms with van der Waals surface area (Å²) in [6.07, 6.45) is 1.88. The third kappa shape index (κ3) is 3.34. The van der Waals surface area contributed by atoms with E-state index < -0.39 is 11.5 Å². The van der Waals surface area contributed by atoms with Crippen molar-refractivity contribution in [3.05, 3.63) is 58.0 Å². The van der Waals surface area contributed by atoms with Gasteiger partial charge in [0.1, 0.15) is 17.2 Å². The van der Waals surface area contributed by atoms with E-state index in [9.17, 15) is 9.59 Å². The molecule has 1 amide bonds. The van der Waals surface area contributed by atoms with E-state index in [-0.39, 0.29) is 11.5 Å². The van der Waals surface area contributed by atoms with Crippen LogP contribution in [-0.4, -0.2) is 32.4 Å². The van der Waals surface area contributed by atoms with Crippen molar-refractivity contribution in [2.75, 3.05) is 6.54 Å². The van der Waals surface area contributed by atoms with Crippen LogP contribution in [0.2, 0.25) is 0 Å². The van der Waals surface area contributed by atoms with Gasteiger partial charge in [0.25, 0.3) is 11.5 Å². The molecule has 3 N–H and O–H groups in total. The van der Waals surface area contributed by atoms with Gasteiger partial charge >= 0.3 is 0 Å². The Labute approximate surface area is 138 Å². The predicted octanol–water partition coefficient (Wildman–Crippen LogP) is 1.74. The third-order valence-corrected chi connectivity index (χ3v) is 3.70. The van der Waals surface area contributed by atoms with E-state index >= 15 is 0 Å². The molecule has 0 bridgehead atoms. The fourth-order valence-corrected chi connectivity index (χ4v) is 2.38. The molecule has 24 heavy (non-hydrogen) atoms. The first-order chi connectivity index (χ1) is 11.5. The fourth-order valence-electron chi connectivity index (χ4n) is 2.38. The second kappa shape index (κ2) is 6.66. The van der Waals surface area contributed by atoms with E-state index in [4.69, 9.17) is 0 Å². The van der Waals surface area contributed by atoms with E-state index in [1.807, 2.05) is 38.1 Å². The zero-order chi connectivity index (χ0) is 17.1. The van der Waals surface area contributed by atoms with Gasteiger partial charge in [0.2, 0.25) is 0 Å². The van der Waals surface area contributed by atoms with Crippen molar-refractivity contribution < 1.29 is 4.79 Å². The molecule has 2 aromatic heterocycles. The number of H-pyrrole nitrogens is 2. The van der Waals surface area contributed by atoms with Crippen molar-refractivity contribution >= 4 is 16.9 Å². The average Bonchev–Trinajstić information content (AvgIpc) is 2.97. The Kier molecular flexibility index (Phi) is 4.41. The monoisotopic (exact) mass is 325 g/mol. The molecule has 0 fully saturated rings. The number of aromatic nitrogens is 4. The van der Waals surface area contributed by atoms with Crippen LogP contribution in [0, 0.1) is 0 Å². The lowest BCUT2D eigenvalue weighted by atomic mass is 10.2. The Balaban J connectivity index is 1.62. The van der Waals surface area contributed by atoms with Gasteiger partial charge in [-0.15, -0.1) is 0 Å². The van der Waals surface area contributed by atoms with Crippen molar-refractivity contribution in [1.82, 2.24) is 25.3 Å². The van der Waals surface area contributed by atoms with Gasteiger partial charge in [-0.3, -0.25) is 9.59 Å². The maximum atomic E-state index is 12.1. The summed E-state index contributed by atoms with van der Waals surface area (Å²) in [5.41, 5.74) is 1.45. The molecule has 0 spiro atoms. The highest BCUT2D eigenvalue weighted by atomic mass is 16.2. The lowest BCUT2D eigenvalue weighted by Crippen LogP contribution is -2.32. The van der Waals surface area contributed by atoms with Gasteiger partial charge in [-0.1, -0.05) is 26.0 Å². The zero-order valence-electron chi connectivity index (χ0n) is 13.6. The van der Waals surface area contributed by atoms with Gasteiger partial charge in [-0.05, 0) is 12.1 Å². The zero-order valence-corrected chi connectivity index (χ0v) is 13.6. The van der Waals surface area contributed by atoms with Crippen molar-refractivity contribution in [3.63, 3.8) is 0 Å². The summed E-state index contributed by atoms with van der Waals surface area (Å²) < 4.78 is 0. The Hall–Kier alpha value is -2.96. The van der Waals surface area contributed by atoms with E-state index in [1.165, 1.54) is 6.20 Å². The van der Waals surface area contributed by atoms with Crippen LogP contribution in [0.15, 0.2) is 35.3 Å². The van der Waals surface area contributed by atoms with Crippen LogP contribution in [0.25, 0.3) is 11.0 Å². The molecule has 124 valence electrons. The Morgan fingerprint density at radius 3 is 2.75 bits per heavy atom. The first-order valence-corrected chi connectivity index (χ1v) is 7.85. The molecule has 0 atom stereocenters. The van der Waals surface area contributed by atoms with Crippen molar-refractivity contribution in [2.45, 2.75) is 26.2 Å². The van der Waals surface area contributed by atoms with Crippen LogP contribution in [-0.2, 0) is 6.42 Å². The molecule has 7 nitrogen and oxygen atoms in total. The molecule has 0 aliphatic carbocycles. The minimum absolute atomic E-state index is 0.0176. The van der Waals surface area contributed by atoms with Crippen molar-refractivity contribution in [3.8, 4) is 0 Å². The highest BCUT2D eigenvalue weighted by Crippen LogP contribution is 2.10. The maximum absolute atomic E-state index is 12.1. The van der Waals surface area contributed by atoms with Gasteiger partial charge in [-0.2, -0.15) is 0 Å². The molecule has 3 rings (SSSR count). The number of carbonyl (C=O) groups is 1. The number of nitrogens with zero attached hydrogens (tertiary/aromatic N) is 2. The average molecular weight is 325 g/mol. The summed E-state index contributed by atoms with van der Waals surface area (Å²) in [5.74, 6) is 1.02. The fraction of sp³-hybridized carbons (Fsp3) is 0.294. The normalized spacial score (nSPS) is 11.1. The van der Waals surface area contributed by atoms with Gasteiger partial charge in [0.05, 0.1) is 11.0 Å². The first kappa shape index (κ1) is 15.9. The first-order valence-electron chi connectivity index (χ1n) is 7.85. The molecule has 3 aromatic rings. The van der Waals surface area contributed by atoms with Crippen molar-refractivity contribution in [2.24, 2.45) is 0 Å². The lowest BCUT2D eigenvalue weighted by Gasteiger charge is -2.06. The number of aromatic amines is 2. The quantitative estimate of drug-likeness (QED) is 0.664. The summed E-state index contributed by atoms with van der Waals surface area (Å²) in [6, 6.07) is 7.74. The highest BCUT2D eigenvalue weighted by molar-refractivity contribution is 5.93. The number of benzene rings is 1. The number of imidazole rings is 1. The summed E-state index contributed by atoms with van der Waals surface area (Å²) in [4.78, 5) is 38.5. The molecule has 0 aliphatic rings. The molecular weight excluding hydrogens is 306 g/mol. The van der Waals surface area contributed by atoms with Crippen molar-refractivity contribution in [1.29, 1.82) is 0 Å². The van der Waals surface area contributed by atoms with Crippen LogP contribution >= 0.6 is 0 Å². The SMILES string of the molecule is CC(C)c1ncc(C(=O)NCCc2nc3ccccc3[nH]2)c(=O)[nH]1. The van der Waals surface area contributed by atoms with E-state index in [0.29, 0.717) is 18.8 Å². The molecule has 0 radical (unpaired) electrons. The number of amides is 1. The number of fused-ring (bicyclic) bond motifs is 1. The largest absolute Gasteiger partial charge is 0.351 e. The molecule has 0 aliphatic heterocycles. The summed E-state index contributed by atoms with van der Waals surface area (Å²) in [7, 11) is 0. The molecule has 1 aromatic carbocycles. The number of rotatable bonds is 5. The van der Waals surface area contributed by atoms with Crippen LogP contribution in [0.1, 0.15) is 41.8 Å². The molecule has 0 saturated carbocycles. The summed E-state index contributed by atoms with van der Waals surface area (Å²) in [5, 5.41) is 2.72. The van der Waals surface area contributed by atoms with Crippen LogP contribution < -0.4 is 10.9 Å². The van der Waals surface area contributed by atoms with Gasteiger partial charge < -0.3 is 15.3 Å². The number of para-hydroxylation sites is 2. The number of hydrogen-bond donors (Lipinski definition) is 3. The minimum Gasteiger partial charge on any atom is -0.351 e. The van der Waals surface area contributed by atoms with Crippen LogP contribution in [0.3, 0.4) is 0 Å². The Morgan fingerprint density at radius 1 is 1.25 bits per heavy atom. The predicted molar refractivity (Wildman–Crippen MR) is 91.1 cm³/mol. The van der Waals surface area contributed by atoms with Crippen LogP contribution in [0.5, 0.6) is 0 Å². The van der Waals surface area contributed by atoms with Crippen LogP contribution in [0.4, 0.5) is 0 Å². The molecule has 7 heteroatoms. The molecule has 0 unspecified atom stereocenters. The standard InChI is InChI=1S/C17H19N5O2/c1-10(2)15-19-9-11(17(24)22-15)16(23)18-8-7-14-20-12-5-3-4-6-13(12)21-14/h3-6,9-10H,7-8H2,1-2H3,(H,18,23)(H,20,21)(H,19,22,24). The Morgan fingerprint density at radius 2 is 2.04 bits per heavy atom.